The normalized spacial score (nSPS) is 36.4. The topological polar surface area (TPSA) is 133 Å². The third-order valence-corrected chi connectivity index (χ3v) is 6.91. The summed E-state index contributed by atoms with van der Waals surface area (Å²) in [7, 11) is 0. The van der Waals surface area contributed by atoms with Crippen LogP contribution in [0.5, 0.6) is 0 Å². The van der Waals surface area contributed by atoms with Gasteiger partial charge in [0.05, 0.1) is 19.0 Å². The van der Waals surface area contributed by atoms with Gasteiger partial charge in [-0.05, 0) is 25.7 Å². The lowest BCUT2D eigenvalue weighted by Gasteiger charge is -2.35. The van der Waals surface area contributed by atoms with Gasteiger partial charge in [-0.2, -0.15) is 9.97 Å². The van der Waals surface area contributed by atoms with Crippen LogP contribution in [0.15, 0.2) is 6.33 Å². The Kier molecular flexibility index (Phi) is 4.58. The molecule has 0 aromatic carbocycles. The molecule has 148 valence electrons. The average Bonchev–Trinajstić information content (AvgIpc) is 3.05. The van der Waals surface area contributed by atoms with Crippen LogP contribution in [0.3, 0.4) is 0 Å². The monoisotopic (exact) mass is 438 g/mol. The van der Waals surface area contributed by atoms with Crippen molar-refractivity contribution in [3.63, 3.8) is 0 Å². The quantitative estimate of drug-likeness (QED) is 0.540. The van der Waals surface area contributed by atoms with Crippen molar-refractivity contribution in [2.75, 3.05) is 18.1 Å². The van der Waals surface area contributed by atoms with Gasteiger partial charge in [-0.3, -0.25) is 9.09 Å². The third-order valence-electron chi connectivity index (χ3n) is 4.05. The van der Waals surface area contributed by atoms with E-state index < -0.39 is 30.3 Å². The second-order valence-electron chi connectivity index (χ2n) is 6.42. The van der Waals surface area contributed by atoms with E-state index >= 15 is 4.39 Å². The number of nitrogens with two attached hydrogens (primary N) is 2. The molecule has 2 aliphatic heterocycles. The van der Waals surface area contributed by atoms with E-state index in [4.69, 9.17) is 53.2 Å². The maximum atomic E-state index is 15.6. The van der Waals surface area contributed by atoms with Crippen molar-refractivity contribution >= 4 is 53.1 Å². The molecule has 4 rings (SSSR count). The highest BCUT2D eigenvalue weighted by atomic mass is 35.5. The number of aromatic nitrogens is 4. The molecule has 0 radical (unpaired) electrons. The highest BCUT2D eigenvalue weighted by Gasteiger charge is 2.62. The number of anilines is 2. The van der Waals surface area contributed by atoms with E-state index in [9.17, 15) is 0 Å². The van der Waals surface area contributed by atoms with Crippen LogP contribution in [0.1, 0.15) is 20.1 Å². The summed E-state index contributed by atoms with van der Waals surface area (Å²) in [6.45, 7) is 0.382. The number of alkyl halides is 2. The van der Waals surface area contributed by atoms with Gasteiger partial charge in [0, 0.05) is 0 Å². The lowest BCUT2D eigenvalue weighted by Crippen LogP contribution is -2.43. The average molecular weight is 439 g/mol. The number of rotatable bonds is 3. The molecule has 14 heteroatoms. The summed E-state index contributed by atoms with van der Waals surface area (Å²) < 4.78 is 39.4. The predicted octanol–water partition coefficient (Wildman–Crippen LogP) is 1.86. The molecular formula is C13H17ClFN6O4PS. The zero-order valence-electron chi connectivity index (χ0n) is 14.3. The Morgan fingerprint density at radius 3 is 2.93 bits per heavy atom. The van der Waals surface area contributed by atoms with Crippen LogP contribution in [0.25, 0.3) is 11.2 Å². The first-order valence-corrected chi connectivity index (χ1v) is 10.9. The van der Waals surface area contributed by atoms with E-state index in [2.05, 4.69) is 15.0 Å². The molecule has 5 atom stereocenters. The highest BCUT2D eigenvalue weighted by molar-refractivity contribution is 8.07. The zero-order chi connectivity index (χ0) is 19.6. The summed E-state index contributed by atoms with van der Waals surface area (Å²) in [5.41, 5.74) is 11.9. The second-order valence-corrected chi connectivity index (χ2v) is 9.91. The smallest absolute Gasteiger partial charge is 0.328 e. The number of fused-ring (bicyclic) bond motifs is 2. The summed E-state index contributed by atoms with van der Waals surface area (Å²) in [5, 5.41) is -2.49. The van der Waals surface area contributed by atoms with Gasteiger partial charge in [0.2, 0.25) is 5.95 Å². The summed E-state index contributed by atoms with van der Waals surface area (Å²) in [4.78, 5) is 12.0. The minimum Gasteiger partial charge on any atom is -0.382 e. The van der Waals surface area contributed by atoms with Gasteiger partial charge < -0.3 is 25.3 Å². The molecule has 2 aromatic rings. The molecule has 0 aliphatic carbocycles. The number of halogens is 2. The van der Waals surface area contributed by atoms with Crippen molar-refractivity contribution < 1.29 is 22.7 Å². The lowest BCUT2D eigenvalue weighted by molar-refractivity contribution is -0.0635. The van der Waals surface area contributed by atoms with Crippen LogP contribution in [0.2, 0.25) is 0 Å². The van der Waals surface area contributed by atoms with Gasteiger partial charge in [0.25, 0.3) is 5.13 Å². The van der Waals surface area contributed by atoms with E-state index in [0.717, 1.165) is 0 Å². The fourth-order valence-corrected chi connectivity index (χ4v) is 5.97. The fraction of sp³-hybridized carbons (Fsp3) is 0.615. The molecule has 0 bridgehead atoms. The summed E-state index contributed by atoms with van der Waals surface area (Å²) in [6.07, 6.45) is -2.27. The summed E-state index contributed by atoms with van der Waals surface area (Å²) in [6, 6.07) is 0. The number of nitrogens with zero attached hydrogens (tertiary/aromatic N) is 4. The van der Waals surface area contributed by atoms with E-state index in [1.807, 2.05) is 0 Å². The van der Waals surface area contributed by atoms with Gasteiger partial charge in [-0.1, -0.05) is 11.6 Å². The first-order valence-electron chi connectivity index (χ1n) is 8.01. The number of hydrogen-bond donors (Lipinski definition) is 2. The zero-order valence-corrected chi connectivity index (χ0v) is 16.7. The molecule has 0 amide bonds. The van der Waals surface area contributed by atoms with Crippen LogP contribution in [0, 0.1) is 0 Å². The van der Waals surface area contributed by atoms with Gasteiger partial charge in [0.15, 0.2) is 17.7 Å². The third kappa shape index (κ3) is 3.19. The number of ether oxygens (including phenoxy) is 1. The molecule has 0 saturated carbocycles. The van der Waals surface area contributed by atoms with Gasteiger partial charge >= 0.3 is 6.72 Å². The van der Waals surface area contributed by atoms with Gasteiger partial charge in [0.1, 0.15) is 17.7 Å². The molecule has 4 N–H and O–H groups in total. The van der Waals surface area contributed by atoms with E-state index in [0.29, 0.717) is 0 Å². The largest absolute Gasteiger partial charge is 0.382 e. The molecule has 2 aliphatic rings. The fourth-order valence-electron chi connectivity index (χ4n) is 3.01. The van der Waals surface area contributed by atoms with Crippen molar-refractivity contribution in [1.82, 2.24) is 19.5 Å². The maximum Gasteiger partial charge on any atom is 0.328 e. The number of nitrogen functional groups attached to an aromatic ring is 2. The van der Waals surface area contributed by atoms with Gasteiger partial charge in [-0.25, -0.2) is 9.37 Å². The Hall–Kier alpha value is -1.14. The van der Waals surface area contributed by atoms with Crippen molar-refractivity contribution in [3.05, 3.63) is 6.33 Å². The second kappa shape index (κ2) is 6.45. The van der Waals surface area contributed by atoms with Crippen LogP contribution < -0.4 is 11.5 Å². The molecule has 0 spiro atoms. The van der Waals surface area contributed by atoms with E-state index in [1.54, 1.807) is 13.8 Å². The Labute approximate surface area is 163 Å². The van der Waals surface area contributed by atoms with Crippen molar-refractivity contribution in [3.8, 4) is 0 Å². The Bertz CT molecular complexity index is 945. The first-order chi connectivity index (χ1) is 12.6. The lowest BCUT2D eigenvalue weighted by atomic mass is 10.1. The SMILES string of the molecule is CC(C)O[P@]1(=S)OC[C@H]2O[C@@H](n3cnc4c(N)nc(N)nc43)[C@@](F)(Cl)[C@@H]2O1. The number of hydrogen-bond acceptors (Lipinski definition) is 10. The van der Waals surface area contributed by atoms with Crippen LogP contribution in [-0.4, -0.2) is 49.6 Å². The Balaban J connectivity index is 1.70. The molecule has 4 heterocycles. The molecule has 2 fully saturated rings. The van der Waals surface area contributed by atoms with Crippen LogP contribution in [0.4, 0.5) is 16.2 Å². The van der Waals surface area contributed by atoms with Gasteiger partial charge in [-0.15, -0.1) is 0 Å². The summed E-state index contributed by atoms with van der Waals surface area (Å²) >= 11 is 11.5. The highest BCUT2D eigenvalue weighted by Crippen LogP contribution is 2.61. The molecule has 10 nitrogen and oxygen atoms in total. The van der Waals surface area contributed by atoms with E-state index in [1.165, 1.54) is 10.9 Å². The minimum absolute atomic E-state index is 0.0184. The molecule has 2 aromatic heterocycles. The van der Waals surface area contributed by atoms with Crippen molar-refractivity contribution in [2.24, 2.45) is 0 Å². The van der Waals surface area contributed by atoms with E-state index in [-0.39, 0.29) is 35.6 Å². The minimum atomic E-state index is -3.15. The predicted molar refractivity (Wildman–Crippen MR) is 99.1 cm³/mol. The molecule has 27 heavy (non-hydrogen) atoms. The first kappa shape index (κ1) is 19.2. The summed E-state index contributed by atoms with van der Waals surface area (Å²) in [5.74, 6) is -0.0253. The van der Waals surface area contributed by atoms with Crippen molar-refractivity contribution in [1.29, 1.82) is 0 Å². The standard InChI is InChI=1S/C13H17ClFN6O4PS/c1-5(2)24-26(27)22-3-6-8(25-26)13(14,15)11(23-6)21-4-18-7-9(16)19-12(17)20-10(7)21/h4-6,8,11H,3H2,1-2H3,(H4,16,17,19,20)/t6-,8-,11-,13-,26-/m1/s1. The number of imidazole rings is 1. The maximum absolute atomic E-state index is 15.6. The van der Waals surface area contributed by atoms with Crippen molar-refractivity contribution in [2.45, 2.75) is 43.5 Å². The Morgan fingerprint density at radius 2 is 2.22 bits per heavy atom. The van der Waals surface area contributed by atoms with Crippen LogP contribution >= 0.6 is 18.3 Å². The molecular weight excluding hydrogens is 422 g/mol. The Morgan fingerprint density at radius 1 is 1.48 bits per heavy atom. The molecule has 0 unspecified atom stereocenters. The molecule has 2 saturated heterocycles. The van der Waals surface area contributed by atoms with Crippen LogP contribution in [-0.2, 0) is 30.1 Å².